The summed E-state index contributed by atoms with van der Waals surface area (Å²) in [5.74, 6) is -2.87. The Balaban J connectivity index is 0.000000441. The number of carboxylic acid groups (broad SMARTS) is 2. The molecule has 0 aliphatic carbocycles. The van der Waals surface area contributed by atoms with E-state index in [1.807, 2.05) is 6.07 Å². The van der Waals surface area contributed by atoms with Gasteiger partial charge in [0.2, 0.25) is 17.7 Å². The second kappa shape index (κ2) is 40.1. The number of aliphatic carboxylic acids is 2. The van der Waals surface area contributed by atoms with Gasteiger partial charge in [0.25, 0.3) is 0 Å². The van der Waals surface area contributed by atoms with E-state index in [4.69, 9.17) is 27.0 Å². The number of carbonyl (C=O) groups is 8. The Hall–Kier alpha value is -6.22. The summed E-state index contributed by atoms with van der Waals surface area (Å²) in [5, 5.41) is 36.3. The maximum absolute atomic E-state index is 13.3. The number of aromatic nitrogens is 3. The Morgan fingerprint density at radius 3 is 1.41 bits per heavy atom. The molecule has 4 aromatic carbocycles. The number of ketones is 2. The van der Waals surface area contributed by atoms with Crippen LogP contribution in [0.1, 0.15) is 88.7 Å². The number of ether oxygens (including phenoxy) is 2. The number of benzene rings is 4. The zero-order chi connectivity index (χ0) is 65.4. The van der Waals surface area contributed by atoms with Crippen molar-refractivity contribution in [3.63, 3.8) is 0 Å². The number of alkyl carbamates (subject to hydrolysis) is 1. The van der Waals surface area contributed by atoms with E-state index in [1.165, 1.54) is 61.7 Å². The van der Waals surface area contributed by atoms with E-state index in [9.17, 15) is 48.6 Å². The molecule has 5 aliphatic rings. The number of hydrogen-bond acceptors (Lipinski definition) is 14. The fraction of sp³-hybridized carbons (Fsp3) is 0.429. The van der Waals surface area contributed by atoms with Gasteiger partial charge in [0.1, 0.15) is 24.2 Å². The molecule has 8 atom stereocenters. The minimum Gasteiger partial charge on any atom is -0.480 e. The predicted octanol–water partition coefficient (Wildman–Crippen LogP) is 8.84. The van der Waals surface area contributed by atoms with Crippen LogP contribution in [0.5, 0.6) is 0 Å². The molecule has 6 heterocycles. The molecule has 10 rings (SSSR count). The van der Waals surface area contributed by atoms with Crippen molar-refractivity contribution in [2.75, 3.05) is 46.5 Å². The molecule has 4 amide bonds. The molecule has 92 heavy (non-hydrogen) atoms. The zero-order valence-electron chi connectivity index (χ0n) is 51.9. The van der Waals surface area contributed by atoms with Crippen LogP contribution in [0.4, 0.5) is 9.50 Å². The normalized spacial score (nSPS) is 20.1. The van der Waals surface area contributed by atoms with Crippen LogP contribution in [0.15, 0.2) is 121 Å². The number of rotatable bonds is 18. The number of β-lactam (4-membered cyclic amide) rings is 2. The second-order valence-corrected chi connectivity index (χ2v) is 30.4. The van der Waals surface area contributed by atoms with Crippen molar-refractivity contribution in [2.24, 2.45) is 11.8 Å². The molecular weight excluding hydrogens is 1630 g/mol. The van der Waals surface area contributed by atoms with E-state index in [2.05, 4.69) is 125 Å². The molecule has 502 valence electrons. The van der Waals surface area contributed by atoms with Crippen LogP contribution in [0, 0.1) is 30.4 Å². The Morgan fingerprint density at radius 1 is 0.717 bits per heavy atom. The predicted molar refractivity (Wildman–Crippen MR) is 349 cm³/mol. The number of fused-ring (bicyclic) bond motifs is 2. The first-order chi connectivity index (χ1) is 42.4. The number of thioether (sulfide) groups is 2. The first kappa shape index (κ1) is 81.9. The third kappa shape index (κ3) is 23.4. The molecule has 0 saturated carbocycles. The average Bonchev–Trinajstić information content (AvgIpc) is 1.56. The molecule has 1 aromatic heterocycles. The standard InChI is InChI=1S/C22H24N5O5S.C21H22N2O6S.2C8H11P.C4H8O.2Au.FH.N3/c1-22(2)18(21(31)32)27-19(30)14(20(27)33-22)10-15(28)17(12-6-4-3-5-7-12)24-16(29)9-8-13-11-23-26-25-13;1-4-10-29-20(28)22-15(12-8-6-5-7-9-12)14(24)11-13-17(25)23-16(19(26)27)21(2,3)30-18(13)23;2*1-9(2)8-6-4-3-5-7-8;1-2-4-5-3-1;;;;1-3-2/h3-7,14,17-18,20H,8-10H2,1-2H3,(H,24,29)(H,31,32)(H,23,25,26);1,5-9,13,15-16,18H,10-11H2,2-3H3,(H,22,28)(H,26,27);2*3-7H,1-2H3;1-4H2;;;1H;/q-1;;;;;2*+1;;-1/t14-,17-,18+,20-;13-,15-,16+,18-;;;;;;;/m11......./s1. The summed E-state index contributed by atoms with van der Waals surface area (Å²) in [6.07, 6.45) is 9.70. The van der Waals surface area contributed by atoms with Gasteiger partial charge in [0, 0.05) is 42.0 Å². The number of hydrogen-bond donors (Lipinski definition) is 5. The Kier molecular flexibility index (Phi) is 35.7. The van der Waals surface area contributed by atoms with Crippen LogP contribution in [0.2, 0.25) is 0 Å². The molecule has 5 saturated heterocycles. The van der Waals surface area contributed by atoms with Crippen molar-refractivity contribution in [3.05, 3.63) is 160 Å². The van der Waals surface area contributed by atoms with E-state index in [0.29, 0.717) is 23.2 Å². The molecule has 29 heteroatoms. The number of amides is 4. The molecule has 0 spiro atoms. The van der Waals surface area contributed by atoms with Crippen molar-refractivity contribution >= 4 is 97.3 Å². The first-order valence-electron chi connectivity index (χ1n) is 28.4. The smallest absolute Gasteiger partial charge is 0.480 e. The Labute approximate surface area is 578 Å². The molecular formula is C63H77Au2FN10O12P2S2. The SMILES string of the molecule is C#CCOC(=O)N[C@@H](C(=O)C[C@@H]1C(=O)N2[C@@H]1SC(C)(C)[C@@H]2C(=O)O)c1ccccc1.C1CCOC1.CC1(C)S[C@@H]2[C@H](CC(=O)[C@H](NC(=O)CCc3[c-]nn[nH]3)c3ccccc3)C(=O)N2[C@H]1C(=O)O.CP(C)c1ccccc1.CP(C)c1ccccc1.F.[Au+].[Au+].[N-]=[N+]=[N-]. The van der Waals surface area contributed by atoms with Gasteiger partial charge < -0.3 is 67.6 Å². The van der Waals surface area contributed by atoms with E-state index in [-0.39, 0.29) is 131 Å². The summed E-state index contributed by atoms with van der Waals surface area (Å²) < 4.78 is 8.43. The quantitative estimate of drug-likeness (QED) is 0.00799. The average molecular weight is 1710 g/mol. The molecule has 5 N–H and O–H groups in total. The zero-order valence-corrected chi connectivity index (χ0v) is 59.7. The number of nitrogens with one attached hydrogen (secondary N) is 3. The maximum Gasteiger partial charge on any atom is 1.00 e. The molecule has 5 fully saturated rings. The molecule has 5 aliphatic heterocycles. The number of Topliss-reactive ketones (excluding diaryl/α,β-unsaturated/α-hetero) is 2. The van der Waals surface area contributed by atoms with Crippen LogP contribution >= 0.6 is 39.4 Å². The van der Waals surface area contributed by atoms with Gasteiger partial charge in [-0.15, -0.1) is 40.9 Å². The van der Waals surface area contributed by atoms with Crippen molar-refractivity contribution in [1.29, 1.82) is 0 Å². The van der Waals surface area contributed by atoms with Gasteiger partial charge in [0.05, 0.1) is 22.6 Å². The molecule has 22 nitrogen and oxygen atoms in total. The minimum absolute atomic E-state index is 0. The summed E-state index contributed by atoms with van der Waals surface area (Å²) in [5.41, 5.74) is 15.3. The fourth-order valence-electron chi connectivity index (χ4n) is 10.2. The summed E-state index contributed by atoms with van der Waals surface area (Å²) in [7, 11) is 0.209. The van der Waals surface area contributed by atoms with Gasteiger partial charge in [-0.1, -0.05) is 143 Å². The minimum atomic E-state index is -1.06. The van der Waals surface area contributed by atoms with E-state index in [0.717, 1.165) is 13.2 Å². The summed E-state index contributed by atoms with van der Waals surface area (Å²) in [6, 6.07) is 34.9. The van der Waals surface area contributed by atoms with Gasteiger partial charge in [-0.2, -0.15) is 0 Å². The summed E-state index contributed by atoms with van der Waals surface area (Å²) >= 11 is 2.78. The number of terminal acetylenes is 1. The number of halogens is 1. The van der Waals surface area contributed by atoms with E-state index in [1.54, 1.807) is 82.3 Å². The van der Waals surface area contributed by atoms with Gasteiger partial charge in [-0.05, 0) is 95.4 Å². The van der Waals surface area contributed by atoms with Crippen LogP contribution in [-0.4, -0.2) is 162 Å². The number of carboxylic acids is 2. The number of nitrogens with zero attached hydrogens (tertiary/aromatic N) is 7. The monoisotopic (exact) mass is 1700 g/mol. The first-order valence-corrected chi connectivity index (χ1v) is 34.7. The van der Waals surface area contributed by atoms with E-state index < -0.39 is 63.5 Å². The second-order valence-electron chi connectivity index (χ2n) is 22.2. The van der Waals surface area contributed by atoms with Crippen LogP contribution in [0.3, 0.4) is 0 Å². The van der Waals surface area contributed by atoms with Crippen molar-refractivity contribution in [2.45, 2.75) is 111 Å². The van der Waals surface area contributed by atoms with Crippen LogP contribution < -0.4 is 21.2 Å². The number of carbonyl (C=O) groups excluding carboxylic acids is 6. The number of H-pyrrole nitrogens is 1. The van der Waals surface area contributed by atoms with Crippen molar-refractivity contribution in [3.8, 4) is 12.3 Å². The Morgan fingerprint density at radius 2 is 1.10 bits per heavy atom. The molecule has 0 bridgehead atoms. The molecule has 0 unspecified atom stereocenters. The molecule has 5 aromatic rings. The largest absolute Gasteiger partial charge is 1.00 e. The fourth-order valence-corrected chi connectivity index (χ4v) is 15.1. The van der Waals surface area contributed by atoms with Gasteiger partial charge in [0.15, 0.2) is 18.2 Å². The topological polar surface area (TPSA) is 326 Å². The number of aromatic amines is 1. The number of aryl methyl sites for hydroxylation is 1. The van der Waals surface area contributed by atoms with Gasteiger partial charge >= 0.3 is 62.8 Å². The Bertz CT molecular complexity index is 3200. The van der Waals surface area contributed by atoms with Gasteiger partial charge in [-0.3, -0.25) is 33.6 Å². The summed E-state index contributed by atoms with van der Waals surface area (Å²) in [6.45, 7) is 18.0. The maximum atomic E-state index is 13.3. The molecule has 0 radical (unpaired) electrons. The van der Waals surface area contributed by atoms with Crippen LogP contribution in [0.25, 0.3) is 16.0 Å². The van der Waals surface area contributed by atoms with E-state index >= 15 is 0 Å². The van der Waals surface area contributed by atoms with Crippen LogP contribution in [-0.2, 0) is 94.2 Å². The third-order valence-corrected chi connectivity index (χ3v) is 20.5. The summed E-state index contributed by atoms with van der Waals surface area (Å²) in [4.78, 5) is 104. The van der Waals surface area contributed by atoms with Gasteiger partial charge in [-0.25, -0.2) is 14.4 Å². The van der Waals surface area contributed by atoms with Crippen molar-refractivity contribution in [1.82, 2.24) is 35.8 Å². The third-order valence-electron chi connectivity index (χ3n) is 14.6. The van der Waals surface area contributed by atoms with Crippen molar-refractivity contribution < 1.29 is 108 Å².